The molecule has 5 nitrogen and oxygen atoms in total. The summed E-state index contributed by atoms with van der Waals surface area (Å²) in [5.41, 5.74) is 7.33. The average Bonchev–Trinajstić information content (AvgIpc) is 2.47. The van der Waals surface area contributed by atoms with Crippen molar-refractivity contribution in [3.8, 4) is 0 Å². The lowest BCUT2D eigenvalue weighted by atomic mass is 10.2. The second-order valence-electron chi connectivity index (χ2n) is 4.73. The first-order chi connectivity index (χ1) is 10.0. The van der Waals surface area contributed by atoms with Gasteiger partial charge in [-0.25, -0.2) is 9.07 Å². The van der Waals surface area contributed by atoms with E-state index < -0.39 is 0 Å². The predicted molar refractivity (Wildman–Crippen MR) is 82.0 cm³/mol. The SMILES string of the molecule is CCN(CC)c1cnn(Cc2cc(F)ccc2N)c(=O)c1. The van der Waals surface area contributed by atoms with Gasteiger partial charge in [-0.1, -0.05) is 0 Å². The van der Waals surface area contributed by atoms with Crippen LogP contribution in [-0.2, 0) is 6.54 Å². The van der Waals surface area contributed by atoms with E-state index in [9.17, 15) is 9.18 Å². The third-order valence-corrected chi connectivity index (χ3v) is 3.41. The molecule has 0 radical (unpaired) electrons. The average molecular weight is 290 g/mol. The fourth-order valence-corrected chi connectivity index (χ4v) is 2.18. The van der Waals surface area contributed by atoms with Gasteiger partial charge in [-0.2, -0.15) is 5.10 Å². The maximum atomic E-state index is 13.2. The summed E-state index contributed by atoms with van der Waals surface area (Å²) < 4.78 is 14.5. The van der Waals surface area contributed by atoms with Crippen LogP contribution in [0.1, 0.15) is 19.4 Å². The largest absolute Gasteiger partial charge is 0.398 e. The third kappa shape index (κ3) is 3.39. The zero-order valence-corrected chi connectivity index (χ0v) is 12.2. The van der Waals surface area contributed by atoms with Gasteiger partial charge in [0, 0.05) is 24.8 Å². The number of benzene rings is 1. The molecule has 0 aliphatic rings. The Balaban J connectivity index is 2.30. The van der Waals surface area contributed by atoms with Gasteiger partial charge in [-0.05, 0) is 37.6 Å². The summed E-state index contributed by atoms with van der Waals surface area (Å²) >= 11 is 0. The Morgan fingerprint density at radius 1 is 1.29 bits per heavy atom. The van der Waals surface area contributed by atoms with E-state index in [-0.39, 0.29) is 17.9 Å². The van der Waals surface area contributed by atoms with Crippen LogP contribution in [0, 0.1) is 5.82 Å². The molecule has 0 atom stereocenters. The molecule has 21 heavy (non-hydrogen) atoms. The van der Waals surface area contributed by atoms with Crippen molar-refractivity contribution in [2.45, 2.75) is 20.4 Å². The van der Waals surface area contributed by atoms with E-state index in [2.05, 4.69) is 5.10 Å². The zero-order chi connectivity index (χ0) is 15.4. The Labute approximate surface area is 122 Å². The van der Waals surface area contributed by atoms with Gasteiger partial charge in [-0.3, -0.25) is 4.79 Å². The van der Waals surface area contributed by atoms with Crippen molar-refractivity contribution in [2.75, 3.05) is 23.7 Å². The molecule has 0 aliphatic carbocycles. The maximum absolute atomic E-state index is 13.2. The summed E-state index contributed by atoms with van der Waals surface area (Å²) in [4.78, 5) is 14.2. The van der Waals surface area contributed by atoms with E-state index in [0.717, 1.165) is 18.8 Å². The summed E-state index contributed by atoms with van der Waals surface area (Å²) in [7, 11) is 0. The molecule has 0 spiro atoms. The Bertz CT molecular complexity index is 680. The zero-order valence-electron chi connectivity index (χ0n) is 12.2. The number of halogens is 1. The van der Waals surface area contributed by atoms with Gasteiger partial charge in [0.05, 0.1) is 18.4 Å². The number of nitrogen functional groups attached to an aromatic ring is 1. The van der Waals surface area contributed by atoms with Crippen LogP contribution in [0.25, 0.3) is 0 Å². The smallest absolute Gasteiger partial charge is 0.269 e. The number of anilines is 2. The molecule has 1 heterocycles. The molecule has 2 aromatic rings. The second-order valence-corrected chi connectivity index (χ2v) is 4.73. The summed E-state index contributed by atoms with van der Waals surface area (Å²) in [5.74, 6) is -0.382. The highest BCUT2D eigenvalue weighted by Gasteiger charge is 2.08. The van der Waals surface area contributed by atoms with Crippen molar-refractivity contribution in [2.24, 2.45) is 0 Å². The van der Waals surface area contributed by atoms with Crippen LogP contribution in [0.15, 0.2) is 35.3 Å². The van der Waals surface area contributed by atoms with Crippen LogP contribution in [0.4, 0.5) is 15.8 Å². The lowest BCUT2D eigenvalue weighted by Crippen LogP contribution is -2.28. The van der Waals surface area contributed by atoms with Gasteiger partial charge in [0.15, 0.2) is 0 Å². The molecule has 0 amide bonds. The molecule has 0 saturated heterocycles. The summed E-state index contributed by atoms with van der Waals surface area (Å²) in [5, 5.41) is 4.15. The fraction of sp³-hybridized carbons (Fsp3) is 0.333. The summed E-state index contributed by atoms with van der Waals surface area (Å²) in [6.07, 6.45) is 1.64. The normalized spacial score (nSPS) is 10.6. The molecule has 1 aromatic carbocycles. The van der Waals surface area contributed by atoms with Crippen molar-refractivity contribution < 1.29 is 4.39 Å². The molecule has 112 valence electrons. The molecule has 2 N–H and O–H groups in total. The molecule has 2 rings (SSSR count). The van der Waals surface area contributed by atoms with E-state index in [4.69, 9.17) is 5.73 Å². The highest BCUT2D eigenvalue weighted by molar-refractivity contribution is 5.47. The molecular formula is C15H19FN4O. The molecule has 6 heteroatoms. The van der Waals surface area contributed by atoms with Crippen LogP contribution in [0.2, 0.25) is 0 Å². The fourth-order valence-electron chi connectivity index (χ4n) is 2.18. The van der Waals surface area contributed by atoms with E-state index in [0.29, 0.717) is 11.3 Å². The molecule has 0 aliphatic heterocycles. The van der Waals surface area contributed by atoms with Crippen molar-refractivity contribution in [1.82, 2.24) is 9.78 Å². The first-order valence-corrected chi connectivity index (χ1v) is 6.91. The van der Waals surface area contributed by atoms with Gasteiger partial charge in [-0.15, -0.1) is 0 Å². The van der Waals surface area contributed by atoms with Crippen molar-refractivity contribution in [3.63, 3.8) is 0 Å². The van der Waals surface area contributed by atoms with Crippen molar-refractivity contribution in [3.05, 3.63) is 52.2 Å². The monoisotopic (exact) mass is 290 g/mol. The number of nitrogens with two attached hydrogens (primary N) is 1. The van der Waals surface area contributed by atoms with E-state index in [1.54, 1.807) is 6.20 Å². The van der Waals surface area contributed by atoms with Gasteiger partial charge < -0.3 is 10.6 Å². The third-order valence-electron chi connectivity index (χ3n) is 3.41. The predicted octanol–water partition coefficient (Wildman–Crippen LogP) is 1.86. The molecule has 0 unspecified atom stereocenters. The first-order valence-electron chi connectivity index (χ1n) is 6.91. The number of hydrogen-bond acceptors (Lipinski definition) is 4. The highest BCUT2D eigenvalue weighted by atomic mass is 19.1. The van der Waals surface area contributed by atoms with Crippen LogP contribution in [0.5, 0.6) is 0 Å². The molecule has 1 aromatic heterocycles. The topological polar surface area (TPSA) is 64.2 Å². The lowest BCUT2D eigenvalue weighted by Gasteiger charge is -2.20. The van der Waals surface area contributed by atoms with Gasteiger partial charge in [0.25, 0.3) is 5.56 Å². The second kappa shape index (κ2) is 6.39. The lowest BCUT2D eigenvalue weighted by molar-refractivity contribution is 0.611. The minimum absolute atomic E-state index is 0.154. The first kappa shape index (κ1) is 15.0. The maximum Gasteiger partial charge on any atom is 0.269 e. The van der Waals surface area contributed by atoms with E-state index >= 15 is 0 Å². The van der Waals surface area contributed by atoms with E-state index in [1.165, 1.54) is 28.9 Å². The van der Waals surface area contributed by atoms with Gasteiger partial charge in [0.2, 0.25) is 0 Å². The Morgan fingerprint density at radius 3 is 2.62 bits per heavy atom. The Hall–Kier alpha value is -2.37. The van der Waals surface area contributed by atoms with Crippen LogP contribution in [-0.4, -0.2) is 22.9 Å². The molecular weight excluding hydrogens is 271 g/mol. The number of rotatable bonds is 5. The number of nitrogens with zero attached hydrogens (tertiary/aromatic N) is 3. The number of aromatic nitrogens is 2. The molecule has 0 fully saturated rings. The van der Waals surface area contributed by atoms with Crippen molar-refractivity contribution >= 4 is 11.4 Å². The van der Waals surface area contributed by atoms with Crippen molar-refractivity contribution in [1.29, 1.82) is 0 Å². The van der Waals surface area contributed by atoms with Crippen LogP contribution >= 0.6 is 0 Å². The Kier molecular flexibility index (Phi) is 4.57. The van der Waals surface area contributed by atoms with Gasteiger partial charge in [0.1, 0.15) is 5.82 Å². The van der Waals surface area contributed by atoms with Crippen LogP contribution in [0.3, 0.4) is 0 Å². The standard InChI is InChI=1S/C15H19FN4O/c1-3-19(4-2)13-8-15(21)20(18-9-13)10-11-7-12(16)5-6-14(11)17/h5-9H,3-4,10,17H2,1-2H3. The highest BCUT2D eigenvalue weighted by Crippen LogP contribution is 2.14. The van der Waals surface area contributed by atoms with E-state index in [1.807, 2.05) is 18.7 Å². The molecule has 0 saturated carbocycles. The quantitative estimate of drug-likeness (QED) is 0.854. The summed E-state index contributed by atoms with van der Waals surface area (Å²) in [6.45, 7) is 5.79. The minimum Gasteiger partial charge on any atom is -0.398 e. The number of hydrogen-bond donors (Lipinski definition) is 1. The molecule has 0 bridgehead atoms. The van der Waals surface area contributed by atoms with Gasteiger partial charge >= 0.3 is 0 Å². The van der Waals surface area contributed by atoms with Crippen LogP contribution < -0.4 is 16.2 Å². The summed E-state index contributed by atoms with van der Waals surface area (Å²) in [6, 6.07) is 5.63. The minimum atomic E-state index is -0.382. The Morgan fingerprint density at radius 2 is 2.00 bits per heavy atom.